The average molecular weight is 197 g/mol. The zero-order valence-electron chi connectivity index (χ0n) is 8.50. The molecule has 0 spiro atoms. The summed E-state index contributed by atoms with van der Waals surface area (Å²) >= 11 is 0. The first-order chi connectivity index (χ1) is 7.29. The van der Waals surface area contributed by atoms with Gasteiger partial charge in [-0.05, 0) is 29.7 Å². The van der Waals surface area contributed by atoms with Gasteiger partial charge >= 0.3 is 0 Å². The molecule has 0 aliphatic rings. The van der Waals surface area contributed by atoms with E-state index in [-0.39, 0.29) is 5.56 Å². The molecule has 2 aromatic rings. The lowest BCUT2D eigenvalue weighted by Crippen LogP contribution is -2.01. The van der Waals surface area contributed by atoms with Crippen LogP contribution in [0.15, 0.2) is 35.1 Å². The quantitative estimate of drug-likeness (QED) is 0.646. The van der Waals surface area contributed by atoms with Crippen LogP contribution in [0.3, 0.4) is 0 Å². The topological polar surface area (TPSA) is 32.9 Å². The number of H-pyrrole nitrogens is 1. The number of pyridine rings is 1. The van der Waals surface area contributed by atoms with Crippen LogP contribution in [-0.4, -0.2) is 4.98 Å². The Labute approximate surface area is 88.0 Å². The zero-order valence-corrected chi connectivity index (χ0v) is 8.50. The number of hydrogen-bond donors (Lipinski definition) is 1. The van der Waals surface area contributed by atoms with Crippen LogP contribution in [0.2, 0.25) is 0 Å². The maximum atomic E-state index is 11.1. The Bertz CT molecular complexity index is 599. The summed E-state index contributed by atoms with van der Waals surface area (Å²) in [6.45, 7) is 2.02. The van der Waals surface area contributed by atoms with E-state index in [0.29, 0.717) is 0 Å². The fraction of sp³-hybridized carbons (Fsp3) is 0.154. The van der Waals surface area contributed by atoms with E-state index in [2.05, 4.69) is 16.8 Å². The van der Waals surface area contributed by atoms with E-state index in [1.165, 1.54) is 6.07 Å². The van der Waals surface area contributed by atoms with E-state index in [1.54, 1.807) is 0 Å². The highest BCUT2D eigenvalue weighted by Gasteiger charge is 1.94. The lowest BCUT2D eigenvalue weighted by atomic mass is 10.1. The third-order valence-corrected chi connectivity index (χ3v) is 2.13. The molecule has 0 bridgehead atoms. The van der Waals surface area contributed by atoms with Gasteiger partial charge in [-0.2, -0.15) is 0 Å². The Morgan fingerprint density at radius 2 is 2.13 bits per heavy atom. The van der Waals surface area contributed by atoms with Crippen LogP contribution in [0.1, 0.15) is 18.9 Å². The Hall–Kier alpha value is -2.01. The molecule has 2 heteroatoms. The maximum absolute atomic E-state index is 11.1. The monoisotopic (exact) mass is 197 g/mol. The smallest absolute Gasteiger partial charge is 0.248 e. The van der Waals surface area contributed by atoms with E-state index < -0.39 is 0 Å². The summed E-state index contributed by atoms with van der Waals surface area (Å²) in [6, 6.07) is 9.12. The van der Waals surface area contributed by atoms with Crippen LogP contribution >= 0.6 is 0 Å². The highest BCUT2D eigenvalue weighted by atomic mass is 16.1. The van der Waals surface area contributed by atoms with Crippen molar-refractivity contribution in [2.45, 2.75) is 13.3 Å². The van der Waals surface area contributed by atoms with Crippen molar-refractivity contribution in [3.05, 3.63) is 46.2 Å². The minimum Gasteiger partial charge on any atom is -0.322 e. The van der Waals surface area contributed by atoms with E-state index in [1.807, 2.05) is 31.2 Å². The number of hydrogen-bond acceptors (Lipinski definition) is 1. The lowest BCUT2D eigenvalue weighted by molar-refractivity contribution is 1.28. The van der Waals surface area contributed by atoms with Gasteiger partial charge < -0.3 is 4.98 Å². The number of aromatic nitrogens is 1. The van der Waals surface area contributed by atoms with Gasteiger partial charge in [-0.1, -0.05) is 18.8 Å². The first kappa shape index (κ1) is 9.54. The molecule has 2 nitrogen and oxygen atoms in total. The normalized spacial score (nSPS) is 9.67. The van der Waals surface area contributed by atoms with Gasteiger partial charge in [0.2, 0.25) is 5.56 Å². The van der Waals surface area contributed by atoms with Crippen LogP contribution in [0, 0.1) is 11.8 Å². The van der Waals surface area contributed by atoms with Gasteiger partial charge in [-0.25, -0.2) is 0 Å². The summed E-state index contributed by atoms with van der Waals surface area (Å²) in [7, 11) is 0. The van der Waals surface area contributed by atoms with Crippen molar-refractivity contribution in [3.8, 4) is 11.8 Å². The van der Waals surface area contributed by atoms with Crippen LogP contribution in [-0.2, 0) is 0 Å². The first-order valence-electron chi connectivity index (χ1n) is 4.91. The van der Waals surface area contributed by atoms with Crippen molar-refractivity contribution in [2.24, 2.45) is 0 Å². The second-order valence-electron chi connectivity index (χ2n) is 3.28. The average Bonchev–Trinajstić information content (AvgIpc) is 2.26. The van der Waals surface area contributed by atoms with Gasteiger partial charge in [-0.3, -0.25) is 4.79 Å². The SMILES string of the molecule is CCC#Cc1ccc2[nH]c(=O)ccc2c1. The van der Waals surface area contributed by atoms with Crippen molar-refractivity contribution in [1.82, 2.24) is 4.98 Å². The lowest BCUT2D eigenvalue weighted by Gasteiger charge is -1.97. The highest BCUT2D eigenvalue weighted by molar-refractivity contribution is 5.79. The molecular formula is C13H11NO. The molecule has 0 saturated heterocycles. The number of benzene rings is 1. The second-order valence-corrected chi connectivity index (χ2v) is 3.28. The standard InChI is InChI=1S/C13H11NO/c1-2-3-4-10-5-7-12-11(9-10)6-8-13(15)14-12/h5-9H,2H2,1H3,(H,14,15). The summed E-state index contributed by atoms with van der Waals surface area (Å²) in [5, 5.41) is 1.01. The summed E-state index contributed by atoms with van der Waals surface area (Å²) in [6.07, 6.45) is 0.851. The molecule has 0 saturated carbocycles. The third-order valence-electron chi connectivity index (χ3n) is 2.13. The molecule has 1 aromatic carbocycles. The van der Waals surface area contributed by atoms with Crippen LogP contribution in [0.4, 0.5) is 0 Å². The molecule has 0 amide bonds. The predicted molar refractivity (Wildman–Crippen MR) is 61.7 cm³/mol. The van der Waals surface area contributed by atoms with Crippen LogP contribution in [0.25, 0.3) is 10.9 Å². The van der Waals surface area contributed by atoms with E-state index >= 15 is 0 Å². The highest BCUT2D eigenvalue weighted by Crippen LogP contribution is 2.11. The van der Waals surface area contributed by atoms with Crippen molar-refractivity contribution >= 4 is 10.9 Å². The maximum Gasteiger partial charge on any atom is 0.248 e. The van der Waals surface area contributed by atoms with Crippen LogP contribution in [0.5, 0.6) is 0 Å². The third kappa shape index (κ3) is 2.08. The zero-order chi connectivity index (χ0) is 10.7. The minimum atomic E-state index is -0.0742. The molecule has 0 aliphatic carbocycles. The number of fused-ring (bicyclic) bond motifs is 1. The van der Waals surface area contributed by atoms with Gasteiger partial charge in [0.15, 0.2) is 0 Å². The van der Waals surface area contributed by atoms with Gasteiger partial charge in [0.05, 0.1) is 0 Å². The van der Waals surface area contributed by atoms with Gasteiger partial charge in [0.1, 0.15) is 0 Å². The number of rotatable bonds is 0. The van der Waals surface area contributed by atoms with E-state index in [0.717, 1.165) is 22.9 Å². The largest absolute Gasteiger partial charge is 0.322 e. The molecule has 74 valence electrons. The molecule has 1 heterocycles. The molecular weight excluding hydrogens is 186 g/mol. The van der Waals surface area contributed by atoms with Crippen molar-refractivity contribution < 1.29 is 0 Å². The second kappa shape index (κ2) is 4.02. The molecule has 0 atom stereocenters. The molecule has 2 rings (SSSR count). The molecule has 1 N–H and O–H groups in total. The molecule has 0 fully saturated rings. The summed E-state index contributed by atoms with van der Waals surface area (Å²) in [4.78, 5) is 13.8. The van der Waals surface area contributed by atoms with E-state index in [4.69, 9.17) is 0 Å². The van der Waals surface area contributed by atoms with Gasteiger partial charge in [0, 0.05) is 23.6 Å². The summed E-state index contributed by atoms with van der Waals surface area (Å²) in [5.41, 5.74) is 1.76. The predicted octanol–water partition coefficient (Wildman–Crippen LogP) is 2.29. The molecule has 15 heavy (non-hydrogen) atoms. The minimum absolute atomic E-state index is 0.0742. The number of nitrogens with one attached hydrogen (secondary N) is 1. The molecule has 0 radical (unpaired) electrons. The fourth-order valence-corrected chi connectivity index (χ4v) is 1.42. The Morgan fingerprint density at radius 1 is 1.27 bits per heavy atom. The van der Waals surface area contributed by atoms with Crippen molar-refractivity contribution in [3.63, 3.8) is 0 Å². The number of aromatic amines is 1. The van der Waals surface area contributed by atoms with Gasteiger partial charge in [0.25, 0.3) is 0 Å². The van der Waals surface area contributed by atoms with E-state index in [9.17, 15) is 4.79 Å². The molecule has 0 aliphatic heterocycles. The van der Waals surface area contributed by atoms with Crippen molar-refractivity contribution in [2.75, 3.05) is 0 Å². The summed E-state index contributed by atoms with van der Waals surface area (Å²) in [5.74, 6) is 6.08. The van der Waals surface area contributed by atoms with Gasteiger partial charge in [-0.15, -0.1) is 0 Å². The Balaban J connectivity index is 2.57. The first-order valence-corrected chi connectivity index (χ1v) is 4.91. The Kier molecular flexibility index (Phi) is 2.55. The Morgan fingerprint density at radius 3 is 2.93 bits per heavy atom. The van der Waals surface area contributed by atoms with Crippen LogP contribution < -0.4 is 5.56 Å². The summed E-state index contributed by atoms with van der Waals surface area (Å²) < 4.78 is 0. The molecule has 0 unspecified atom stereocenters. The molecule has 1 aromatic heterocycles. The van der Waals surface area contributed by atoms with Crippen molar-refractivity contribution in [1.29, 1.82) is 0 Å². The fourth-order valence-electron chi connectivity index (χ4n) is 1.42.